The van der Waals surface area contributed by atoms with Crippen molar-refractivity contribution >= 4 is 22.5 Å². The first-order valence-corrected chi connectivity index (χ1v) is 11.4. The lowest BCUT2D eigenvalue weighted by Crippen LogP contribution is -2.06. The van der Waals surface area contributed by atoms with Gasteiger partial charge in [0.05, 0.1) is 28.5 Å². The molecule has 9 nitrogen and oxygen atoms in total. The van der Waals surface area contributed by atoms with Crippen molar-refractivity contribution in [2.75, 3.05) is 5.32 Å². The third kappa shape index (κ3) is 5.07. The first-order chi connectivity index (χ1) is 17.8. The van der Waals surface area contributed by atoms with Crippen LogP contribution in [0.5, 0.6) is 5.88 Å². The summed E-state index contributed by atoms with van der Waals surface area (Å²) in [6.07, 6.45) is 2.24. The van der Waals surface area contributed by atoms with Gasteiger partial charge in [-0.2, -0.15) is 13.9 Å². The Kier molecular flexibility index (Phi) is 6.45. The monoisotopic (exact) mass is 503 g/mol. The van der Waals surface area contributed by atoms with Crippen LogP contribution in [0, 0.1) is 13.8 Å². The molecule has 0 radical (unpaired) electrons. The summed E-state index contributed by atoms with van der Waals surface area (Å²) in [5.41, 5.74) is 5.34. The Morgan fingerprint density at radius 3 is 2.57 bits per heavy atom. The first-order valence-electron chi connectivity index (χ1n) is 11.4. The normalized spacial score (nSPS) is 12.2. The Hall–Kier alpha value is -4.51. The minimum absolute atomic E-state index is 0.231. The molecule has 1 atom stereocenters. The Morgan fingerprint density at radius 1 is 1.00 bits per heavy atom. The Labute approximate surface area is 210 Å². The van der Waals surface area contributed by atoms with Gasteiger partial charge in [0.1, 0.15) is 12.1 Å². The highest BCUT2D eigenvalue weighted by atomic mass is 19.3. The van der Waals surface area contributed by atoms with E-state index in [1.54, 1.807) is 32.3 Å². The standard InChI is InChI=1S/C26H23F2N7O2/c1-14-12-29-24(37-26(27)28)11-19(14)25-18(16(3)36)6-9-23(32-25)35-13-30-20-10-17(5-7-21(20)35)31-22-8-4-15(2)33-34-22/h4-13,16,26,36H,1-3H3,(H,31,34). The number of aromatic nitrogens is 6. The Morgan fingerprint density at radius 2 is 1.84 bits per heavy atom. The van der Waals surface area contributed by atoms with E-state index in [9.17, 15) is 13.9 Å². The van der Waals surface area contributed by atoms with Crippen molar-refractivity contribution in [2.24, 2.45) is 0 Å². The van der Waals surface area contributed by atoms with Gasteiger partial charge in [-0.3, -0.25) is 4.57 Å². The molecule has 1 aromatic carbocycles. The number of hydrogen-bond donors (Lipinski definition) is 2. The maximum Gasteiger partial charge on any atom is 0.388 e. The molecule has 0 aliphatic carbocycles. The van der Waals surface area contributed by atoms with Gasteiger partial charge in [0.15, 0.2) is 5.82 Å². The topological polar surface area (TPSA) is 111 Å². The number of nitrogens with zero attached hydrogens (tertiary/aromatic N) is 6. The van der Waals surface area contributed by atoms with Crippen LogP contribution in [0.15, 0.2) is 61.1 Å². The van der Waals surface area contributed by atoms with Gasteiger partial charge < -0.3 is 15.2 Å². The Bertz CT molecular complexity index is 1570. The van der Waals surface area contributed by atoms with E-state index in [2.05, 4.69) is 30.2 Å². The van der Waals surface area contributed by atoms with Crippen LogP contribution in [0.2, 0.25) is 0 Å². The summed E-state index contributed by atoms with van der Waals surface area (Å²) in [6, 6.07) is 14.3. The van der Waals surface area contributed by atoms with Crippen molar-refractivity contribution < 1.29 is 18.6 Å². The maximum absolute atomic E-state index is 12.8. The van der Waals surface area contributed by atoms with E-state index in [1.165, 1.54) is 12.3 Å². The molecule has 5 rings (SSSR count). The van der Waals surface area contributed by atoms with Crippen LogP contribution in [0.1, 0.15) is 29.8 Å². The van der Waals surface area contributed by atoms with Crippen molar-refractivity contribution in [3.05, 3.63) is 77.9 Å². The summed E-state index contributed by atoms with van der Waals surface area (Å²) >= 11 is 0. The molecular formula is C26H23F2N7O2. The molecule has 0 aliphatic heterocycles. The van der Waals surface area contributed by atoms with Gasteiger partial charge in [-0.25, -0.2) is 15.0 Å². The zero-order valence-corrected chi connectivity index (χ0v) is 20.2. The SMILES string of the molecule is Cc1ccc(Nc2ccc3c(c2)ncn3-c2ccc(C(C)O)c(-c3cc(OC(F)F)ncc3C)n2)nn1. The molecule has 37 heavy (non-hydrogen) atoms. The van der Waals surface area contributed by atoms with Crippen LogP contribution in [-0.2, 0) is 0 Å². The highest BCUT2D eigenvalue weighted by molar-refractivity contribution is 5.82. The Balaban J connectivity index is 1.54. The molecule has 4 aromatic heterocycles. The lowest BCUT2D eigenvalue weighted by molar-refractivity contribution is -0.0528. The maximum atomic E-state index is 12.8. The minimum atomic E-state index is -3.01. The average Bonchev–Trinajstić information content (AvgIpc) is 3.29. The molecule has 0 spiro atoms. The van der Waals surface area contributed by atoms with Crippen LogP contribution in [0.4, 0.5) is 20.3 Å². The number of alkyl halides is 2. The third-order valence-electron chi connectivity index (χ3n) is 5.77. The van der Waals surface area contributed by atoms with Gasteiger partial charge in [0.2, 0.25) is 5.88 Å². The zero-order valence-electron chi connectivity index (χ0n) is 20.2. The third-order valence-corrected chi connectivity index (χ3v) is 5.77. The van der Waals surface area contributed by atoms with E-state index in [1.807, 2.05) is 41.8 Å². The van der Waals surface area contributed by atoms with E-state index in [4.69, 9.17) is 4.98 Å². The predicted molar refractivity (Wildman–Crippen MR) is 134 cm³/mol. The first kappa shape index (κ1) is 24.2. The van der Waals surface area contributed by atoms with Crippen molar-refractivity contribution in [2.45, 2.75) is 33.5 Å². The van der Waals surface area contributed by atoms with E-state index >= 15 is 0 Å². The molecule has 2 N–H and O–H groups in total. The molecule has 188 valence electrons. The van der Waals surface area contributed by atoms with Crippen molar-refractivity contribution in [3.63, 3.8) is 0 Å². The van der Waals surface area contributed by atoms with Gasteiger partial charge in [-0.15, -0.1) is 5.10 Å². The lowest BCUT2D eigenvalue weighted by atomic mass is 10.00. The van der Waals surface area contributed by atoms with Crippen molar-refractivity contribution in [1.82, 2.24) is 29.7 Å². The highest BCUT2D eigenvalue weighted by Gasteiger charge is 2.18. The van der Waals surface area contributed by atoms with Gasteiger partial charge in [0, 0.05) is 29.1 Å². The minimum Gasteiger partial charge on any atom is -0.417 e. The van der Waals surface area contributed by atoms with Gasteiger partial charge in [0.25, 0.3) is 0 Å². The van der Waals surface area contributed by atoms with Gasteiger partial charge in [-0.1, -0.05) is 6.07 Å². The van der Waals surface area contributed by atoms with Gasteiger partial charge >= 0.3 is 6.61 Å². The number of fused-ring (bicyclic) bond motifs is 1. The fourth-order valence-electron chi connectivity index (χ4n) is 3.95. The molecule has 0 saturated heterocycles. The quantitative estimate of drug-likeness (QED) is 0.308. The number of benzene rings is 1. The van der Waals surface area contributed by atoms with Crippen molar-refractivity contribution in [1.29, 1.82) is 0 Å². The molecule has 1 unspecified atom stereocenters. The summed E-state index contributed by atoms with van der Waals surface area (Å²) in [5, 5.41) is 21.8. The van der Waals surface area contributed by atoms with E-state index in [0.29, 0.717) is 34.0 Å². The summed E-state index contributed by atoms with van der Waals surface area (Å²) in [6.45, 7) is 2.27. The number of hydrogen-bond acceptors (Lipinski definition) is 8. The number of anilines is 2. The van der Waals surface area contributed by atoms with Crippen LogP contribution in [-0.4, -0.2) is 41.4 Å². The number of nitrogens with one attached hydrogen (secondary N) is 1. The molecule has 11 heteroatoms. The molecule has 0 aliphatic rings. The summed E-state index contributed by atoms with van der Waals surface area (Å²) in [4.78, 5) is 13.2. The number of ether oxygens (including phenoxy) is 1. The van der Waals surface area contributed by atoms with Crippen LogP contribution >= 0.6 is 0 Å². The average molecular weight is 504 g/mol. The van der Waals surface area contributed by atoms with E-state index < -0.39 is 12.7 Å². The number of aliphatic hydroxyl groups is 1. The number of imidazole rings is 1. The molecule has 5 aromatic rings. The summed E-state index contributed by atoms with van der Waals surface area (Å²) in [5.74, 6) is 0.928. The fourth-order valence-corrected chi connectivity index (χ4v) is 3.95. The second kappa shape index (κ2) is 9.86. The van der Waals surface area contributed by atoms with E-state index in [0.717, 1.165) is 22.4 Å². The molecular weight excluding hydrogens is 480 g/mol. The second-order valence-electron chi connectivity index (χ2n) is 8.50. The number of aliphatic hydroxyl groups excluding tert-OH is 1. The summed E-state index contributed by atoms with van der Waals surface area (Å²) < 4.78 is 31.9. The number of aryl methyl sites for hydroxylation is 2. The predicted octanol–water partition coefficient (Wildman–Crippen LogP) is 5.29. The lowest BCUT2D eigenvalue weighted by Gasteiger charge is -2.16. The molecule has 0 fully saturated rings. The molecule has 0 amide bonds. The second-order valence-corrected chi connectivity index (χ2v) is 8.50. The molecule has 0 saturated carbocycles. The van der Waals surface area contributed by atoms with Crippen LogP contribution in [0.25, 0.3) is 28.1 Å². The smallest absolute Gasteiger partial charge is 0.388 e. The van der Waals surface area contributed by atoms with Crippen molar-refractivity contribution in [3.8, 4) is 23.0 Å². The highest BCUT2D eigenvalue weighted by Crippen LogP contribution is 2.33. The fraction of sp³-hybridized carbons (Fsp3) is 0.192. The summed E-state index contributed by atoms with van der Waals surface area (Å²) in [7, 11) is 0. The number of halogens is 2. The van der Waals surface area contributed by atoms with Crippen LogP contribution in [0.3, 0.4) is 0 Å². The van der Waals surface area contributed by atoms with E-state index in [-0.39, 0.29) is 5.88 Å². The molecule has 4 heterocycles. The van der Waals surface area contributed by atoms with Crippen LogP contribution < -0.4 is 10.1 Å². The number of pyridine rings is 2. The number of rotatable bonds is 7. The largest absolute Gasteiger partial charge is 0.417 e. The zero-order chi connectivity index (χ0) is 26.1. The molecule has 0 bridgehead atoms. The van der Waals surface area contributed by atoms with Gasteiger partial charge in [-0.05, 0) is 62.7 Å².